The minimum absolute atomic E-state index is 0.0446. The van der Waals surface area contributed by atoms with E-state index < -0.39 is 0 Å². The highest BCUT2D eigenvalue weighted by atomic mass is 16.5. The molecular formula is C7H15NO2. The summed E-state index contributed by atoms with van der Waals surface area (Å²) in [5.41, 5.74) is 0. The topological polar surface area (TPSA) is 38.3 Å². The Morgan fingerprint density at radius 3 is 2.70 bits per heavy atom. The predicted molar refractivity (Wildman–Crippen MR) is 39.8 cm³/mol. The summed E-state index contributed by atoms with van der Waals surface area (Å²) in [6.07, 6.45) is 0.954. The molecule has 3 heteroatoms. The van der Waals surface area contributed by atoms with Crippen molar-refractivity contribution >= 4 is 5.91 Å². The van der Waals surface area contributed by atoms with Crippen molar-refractivity contribution in [2.75, 3.05) is 13.7 Å². The molecule has 0 saturated carbocycles. The number of carbonyl (C=O) groups is 1. The summed E-state index contributed by atoms with van der Waals surface area (Å²) in [7, 11) is 1.51. The highest BCUT2D eigenvalue weighted by molar-refractivity contribution is 5.77. The fourth-order valence-electron chi connectivity index (χ4n) is 0.550. The predicted octanol–water partition coefficient (Wildman–Crippen LogP) is 0.547. The Labute approximate surface area is 61.8 Å². The largest absolute Gasteiger partial charge is 0.375 e. The maximum absolute atomic E-state index is 10.8. The Kier molecular flexibility index (Phi) is 4.94. The number of ether oxygens (including phenoxy) is 1. The highest BCUT2D eigenvalue weighted by Crippen LogP contribution is 1.86. The molecule has 0 saturated heterocycles. The van der Waals surface area contributed by atoms with Crippen LogP contribution >= 0.6 is 0 Å². The van der Waals surface area contributed by atoms with Gasteiger partial charge in [0.1, 0.15) is 6.61 Å². The number of carbonyl (C=O) groups excluding carboxylic acids is 1. The average molecular weight is 145 g/mol. The number of hydrogen-bond donors (Lipinski definition) is 1. The van der Waals surface area contributed by atoms with Gasteiger partial charge in [0.2, 0.25) is 5.91 Å². The molecule has 0 aliphatic carbocycles. The van der Waals surface area contributed by atoms with Crippen LogP contribution in [0.2, 0.25) is 0 Å². The quantitative estimate of drug-likeness (QED) is 0.627. The van der Waals surface area contributed by atoms with Crippen molar-refractivity contribution in [3.05, 3.63) is 0 Å². The molecule has 1 amide bonds. The van der Waals surface area contributed by atoms with Crippen molar-refractivity contribution in [1.82, 2.24) is 5.32 Å². The van der Waals surface area contributed by atoms with Crippen LogP contribution in [0, 0.1) is 0 Å². The van der Waals surface area contributed by atoms with Crippen LogP contribution in [-0.4, -0.2) is 25.7 Å². The molecule has 0 radical (unpaired) electrons. The van der Waals surface area contributed by atoms with E-state index >= 15 is 0 Å². The summed E-state index contributed by atoms with van der Waals surface area (Å²) in [6, 6.07) is 0.252. The molecule has 60 valence electrons. The summed E-state index contributed by atoms with van der Waals surface area (Å²) < 4.78 is 4.64. The lowest BCUT2D eigenvalue weighted by Crippen LogP contribution is -2.34. The summed E-state index contributed by atoms with van der Waals surface area (Å²) in [5, 5.41) is 2.77. The molecule has 0 rings (SSSR count). The summed E-state index contributed by atoms with van der Waals surface area (Å²) in [6.45, 7) is 4.15. The van der Waals surface area contributed by atoms with Gasteiger partial charge in [0, 0.05) is 13.2 Å². The zero-order valence-corrected chi connectivity index (χ0v) is 6.81. The van der Waals surface area contributed by atoms with Gasteiger partial charge in [0.15, 0.2) is 0 Å². The molecule has 0 aromatic heterocycles. The van der Waals surface area contributed by atoms with Crippen LogP contribution in [0.25, 0.3) is 0 Å². The second-order valence-corrected chi connectivity index (χ2v) is 2.31. The van der Waals surface area contributed by atoms with Gasteiger partial charge < -0.3 is 10.1 Å². The monoisotopic (exact) mass is 145 g/mol. The molecule has 0 aliphatic heterocycles. The third-order valence-electron chi connectivity index (χ3n) is 1.30. The summed E-state index contributed by atoms with van der Waals surface area (Å²) >= 11 is 0. The Morgan fingerprint density at radius 1 is 1.70 bits per heavy atom. The number of rotatable bonds is 4. The SMILES string of the molecule is CC[C@H](C)NC(=O)COC. The number of amides is 1. The maximum atomic E-state index is 10.8. The minimum atomic E-state index is -0.0446. The first kappa shape index (κ1) is 9.43. The lowest BCUT2D eigenvalue weighted by molar-refractivity contribution is -0.125. The van der Waals surface area contributed by atoms with Crippen molar-refractivity contribution in [3.63, 3.8) is 0 Å². The van der Waals surface area contributed by atoms with Crippen molar-refractivity contribution in [2.24, 2.45) is 0 Å². The van der Waals surface area contributed by atoms with Crippen LogP contribution in [0.5, 0.6) is 0 Å². The Balaban J connectivity index is 3.37. The van der Waals surface area contributed by atoms with E-state index in [0.717, 1.165) is 6.42 Å². The number of hydrogen-bond acceptors (Lipinski definition) is 2. The van der Waals surface area contributed by atoms with Crippen LogP contribution in [0.15, 0.2) is 0 Å². The summed E-state index contributed by atoms with van der Waals surface area (Å²) in [4.78, 5) is 10.8. The van der Waals surface area contributed by atoms with Gasteiger partial charge in [-0.05, 0) is 13.3 Å². The van der Waals surface area contributed by atoms with Gasteiger partial charge in [0.25, 0.3) is 0 Å². The van der Waals surface area contributed by atoms with E-state index in [0.29, 0.717) is 0 Å². The zero-order valence-electron chi connectivity index (χ0n) is 6.81. The van der Waals surface area contributed by atoms with Crippen LogP contribution < -0.4 is 5.32 Å². The molecule has 0 aliphatic rings. The smallest absolute Gasteiger partial charge is 0.246 e. The van der Waals surface area contributed by atoms with Gasteiger partial charge in [-0.15, -0.1) is 0 Å². The molecule has 0 unspecified atom stereocenters. The molecule has 0 aromatic rings. The van der Waals surface area contributed by atoms with Gasteiger partial charge in [-0.3, -0.25) is 4.79 Å². The van der Waals surface area contributed by atoms with Crippen molar-refractivity contribution in [2.45, 2.75) is 26.3 Å². The molecule has 0 heterocycles. The average Bonchev–Trinajstić information content (AvgIpc) is 1.88. The molecule has 1 N–H and O–H groups in total. The first-order chi connectivity index (χ1) is 4.70. The third kappa shape index (κ3) is 4.32. The van der Waals surface area contributed by atoms with E-state index in [-0.39, 0.29) is 18.6 Å². The minimum Gasteiger partial charge on any atom is -0.375 e. The molecule has 0 spiro atoms. The fourth-order valence-corrected chi connectivity index (χ4v) is 0.550. The lowest BCUT2D eigenvalue weighted by Gasteiger charge is -2.09. The van der Waals surface area contributed by atoms with Crippen LogP contribution in [0.1, 0.15) is 20.3 Å². The van der Waals surface area contributed by atoms with Gasteiger partial charge in [-0.25, -0.2) is 0 Å². The number of methoxy groups -OCH3 is 1. The molecule has 10 heavy (non-hydrogen) atoms. The van der Waals surface area contributed by atoms with Crippen LogP contribution in [0.4, 0.5) is 0 Å². The Morgan fingerprint density at radius 2 is 2.30 bits per heavy atom. The van der Waals surface area contributed by atoms with E-state index in [1.807, 2.05) is 13.8 Å². The zero-order chi connectivity index (χ0) is 7.98. The van der Waals surface area contributed by atoms with Crippen LogP contribution in [0.3, 0.4) is 0 Å². The number of nitrogens with one attached hydrogen (secondary N) is 1. The molecule has 0 aromatic carbocycles. The highest BCUT2D eigenvalue weighted by Gasteiger charge is 2.02. The van der Waals surface area contributed by atoms with E-state index in [4.69, 9.17) is 0 Å². The van der Waals surface area contributed by atoms with Gasteiger partial charge in [-0.2, -0.15) is 0 Å². The van der Waals surface area contributed by atoms with Crippen molar-refractivity contribution in [3.8, 4) is 0 Å². The van der Waals surface area contributed by atoms with E-state index in [2.05, 4.69) is 10.1 Å². The lowest BCUT2D eigenvalue weighted by atomic mass is 10.2. The molecule has 0 fully saturated rings. The third-order valence-corrected chi connectivity index (χ3v) is 1.30. The first-order valence-corrected chi connectivity index (χ1v) is 3.49. The van der Waals surface area contributed by atoms with Crippen LogP contribution in [-0.2, 0) is 9.53 Å². The fraction of sp³-hybridized carbons (Fsp3) is 0.857. The van der Waals surface area contributed by atoms with Gasteiger partial charge >= 0.3 is 0 Å². The summed E-state index contributed by atoms with van der Waals surface area (Å²) in [5.74, 6) is -0.0446. The molecule has 1 atom stereocenters. The standard InChI is InChI=1S/C7H15NO2/c1-4-6(2)8-7(9)5-10-3/h6H,4-5H2,1-3H3,(H,8,9)/t6-/m0/s1. The molecule has 0 bridgehead atoms. The van der Waals surface area contributed by atoms with Gasteiger partial charge in [-0.1, -0.05) is 6.92 Å². The molecular weight excluding hydrogens is 130 g/mol. The Bertz CT molecular complexity index is 104. The van der Waals surface area contributed by atoms with E-state index in [1.54, 1.807) is 0 Å². The van der Waals surface area contributed by atoms with Crippen molar-refractivity contribution in [1.29, 1.82) is 0 Å². The normalized spacial score (nSPS) is 12.7. The van der Waals surface area contributed by atoms with Gasteiger partial charge in [0.05, 0.1) is 0 Å². The molecule has 3 nitrogen and oxygen atoms in total. The second kappa shape index (κ2) is 5.23. The van der Waals surface area contributed by atoms with E-state index in [9.17, 15) is 4.79 Å². The van der Waals surface area contributed by atoms with Crippen molar-refractivity contribution < 1.29 is 9.53 Å². The first-order valence-electron chi connectivity index (χ1n) is 3.49. The Hall–Kier alpha value is -0.570. The second-order valence-electron chi connectivity index (χ2n) is 2.31. The maximum Gasteiger partial charge on any atom is 0.246 e. The van der Waals surface area contributed by atoms with E-state index in [1.165, 1.54) is 7.11 Å².